The number of aliphatic hydroxyl groups excluding tert-OH is 1. The number of aliphatic hydroxyl groups is 1. The van der Waals surface area contributed by atoms with Crippen molar-refractivity contribution in [3.8, 4) is 0 Å². The number of hydrogen-bond donors (Lipinski definition) is 2. The van der Waals surface area contributed by atoms with Crippen molar-refractivity contribution in [3.05, 3.63) is 11.6 Å². The second-order valence-corrected chi connectivity index (χ2v) is 5.77. The van der Waals surface area contributed by atoms with Crippen LogP contribution >= 0.6 is 0 Å². The molecule has 0 spiro atoms. The molecule has 2 saturated carbocycles. The molecule has 1 aromatic heterocycles. The van der Waals surface area contributed by atoms with E-state index < -0.39 is 0 Å². The van der Waals surface area contributed by atoms with Gasteiger partial charge in [0.15, 0.2) is 0 Å². The SMILES string of the molecule is OCCCc1nnc(C2CC(CNF)C2)n1C1CC1. The Morgan fingerprint density at radius 1 is 1.32 bits per heavy atom. The first-order valence-electron chi connectivity index (χ1n) is 7.21. The molecule has 0 saturated heterocycles. The molecule has 19 heavy (non-hydrogen) atoms. The summed E-state index contributed by atoms with van der Waals surface area (Å²) in [6.07, 6.45) is 5.95. The van der Waals surface area contributed by atoms with Gasteiger partial charge in [0.25, 0.3) is 0 Å². The molecule has 0 radical (unpaired) electrons. The van der Waals surface area contributed by atoms with E-state index in [4.69, 9.17) is 5.11 Å². The van der Waals surface area contributed by atoms with Crippen molar-refractivity contribution in [2.75, 3.05) is 13.2 Å². The highest BCUT2D eigenvalue weighted by atomic mass is 19.2. The van der Waals surface area contributed by atoms with E-state index in [0.717, 1.165) is 37.3 Å². The van der Waals surface area contributed by atoms with Crippen molar-refractivity contribution in [3.63, 3.8) is 0 Å². The normalized spacial score (nSPS) is 26.4. The maximum absolute atomic E-state index is 12.0. The Bertz CT molecular complexity index is 426. The van der Waals surface area contributed by atoms with Gasteiger partial charge in [0.1, 0.15) is 11.6 Å². The molecule has 0 aliphatic heterocycles. The molecule has 2 aliphatic rings. The van der Waals surface area contributed by atoms with Gasteiger partial charge >= 0.3 is 0 Å². The minimum absolute atomic E-state index is 0.195. The molecule has 1 heterocycles. The van der Waals surface area contributed by atoms with E-state index in [1.165, 1.54) is 12.8 Å². The van der Waals surface area contributed by atoms with Crippen LogP contribution in [0.4, 0.5) is 4.48 Å². The molecule has 2 aliphatic carbocycles. The van der Waals surface area contributed by atoms with Gasteiger partial charge < -0.3 is 9.67 Å². The number of nitrogens with zero attached hydrogens (tertiary/aromatic N) is 3. The van der Waals surface area contributed by atoms with Gasteiger partial charge in [-0.1, -0.05) is 0 Å². The highest BCUT2D eigenvalue weighted by molar-refractivity contribution is 5.11. The van der Waals surface area contributed by atoms with Gasteiger partial charge in [-0.3, -0.25) is 0 Å². The average Bonchev–Trinajstić information content (AvgIpc) is 3.12. The molecule has 0 atom stereocenters. The molecule has 106 valence electrons. The third-order valence-corrected chi connectivity index (χ3v) is 4.23. The molecule has 0 bridgehead atoms. The fraction of sp³-hybridized carbons (Fsp3) is 0.846. The van der Waals surface area contributed by atoms with Gasteiger partial charge in [-0.25, -0.2) is 0 Å². The van der Waals surface area contributed by atoms with Crippen LogP contribution in [-0.2, 0) is 6.42 Å². The Labute approximate surface area is 112 Å². The molecular formula is C13H21FN4O. The van der Waals surface area contributed by atoms with Crippen LogP contribution in [-0.4, -0.2) is 33.0 Å². The van der Waals surface area contributed by atoms with E-state index in [1.807, 2.05) is 0 Å². The van der Waals surface area contributed by atoms with Crippen molar-refractivity contribution in [1.82, 2.24) is 20.3 Å². The van der Waals surface area contributed by atoms with Crippen LogP contribution in [0.3, 0.4) is 0 Å². The summed E-state index contributed by atoms with van der Waals surface area (Å²) in [6.45, 7) is 0.645. The van der Waals surface area contributed by atoms with Crippen LogP contribution in [0.5, 0.6) is 0 Å². The Balaban J connectivity index is 1.69. The zero-order valence-corrected chi connectivity index (χ0v) is 11.1. The van der Waals surface area contributed by atoms with Crippen LogP contribution in [0.1, 0.15) is 55.7 Å². The Kier molecular flexibility index (Phi) is 3.79. The molecule has 1 aromatic rings. The number of rotatable bonds is 7. The molecule has 5 nitrogen and oxygen atoms in total. The number of nitrogens with one attached hydrogen (secondary N) is 1. The maximum Gasteiger partial charge on any atom is 0.136 e. The molecule has 2 N–H and O–H groups in total. The van der Waals surface area contributed by atoms with Crippen molar-refractivity contribution >= 4 is 0 Å². The molecule has 0 amide bonds. The number of aromatic nitrogens is 3. The van der Waals surface area contributed by atoms with Crippen molar-refractivity contribution < 1.29 is 9.59 Å². The molecular weight excluding hydrogens is 247 g/mol. The minimum atomic E-state index is 0.195. The first-order valence-corrected chi connectivity index (χ1v) is 7.21. The highest BCUT2D eigenvalue weighted by Crippen LogP contribution is 2.45. The van der Waals surface area contributed by atoms with Gasteiger partial charge in [-0.15, -0.1) is 14.7 Å². The summed E-state index contributed by atoms with van der Waals surface area (Å²) >= 11 is 0. The lowest BCUT2D eigenvalue weighted by atomic mass is 9.74. The number of aryl methyl sites for hydroxylation is 1. The summed E-state index contributed by atoms with van der Waals surface area (Å²) in [5.41, 5.74) is 1.75. The summed E-state index contributed by atoms with van der Waals surface area (Å²) in [4.78, 5) is 0. The lowest BCUT2D eigenvalue weighted by molar-refractivity contribution is 0.194. The number of halogens is 1. The Morgan fingerprint density at radius 3 is 2.74 bits per heavy atom. The molecule has 0 aromatic carbocycles. The number of hydrogen-bond acceptors (Lipinski definition) is 4. The molecule has 2 fully saturated rings. The third-order valence-electron chi connectivity index (χ3n) is 4.23. The summed E-state index contributed by atoms with van der Waals surface area (Å²) in [6, 6.07) is 0.567. The first kappa shape index (κ1) is 13.0. The zero-order chi connectivity index (χ0) is 13.2. The quantitative estimate of drug-likeness (QED) is 0.736. The van der Waals surface area contributed by atoms with Gasteiger partial charge in [0, 0.05) is 31.5 Å². The topological polar surface area (TPSA) is 63.0 Å². The lowest BCUT2D eigenvalue weighted by Gasteiger charge is -2.34. The van der Waals surface area contributed by atoms with Crippen LogP contribution in [0.15, 0.2) is 0 Å². The molecule has 6 heteroatoms. The highest BCUT2D eigenvalue weighted by Gasteiger charge is 2.37. The van der Waals surface area contributed by atoms with Gasteiger partial charge in [0.2, 0.25) is 0 Å². The standard InChI is InChI=1S/C13H21FN4O/c14-15-8-9-6-10(7-9)13-17-16-12(2-1-5-19)18(13)11-3-4-11/h9-11,15,19H,1-8H2. The fourth-order valence-electron chi connectivity index (χ4n) is 2.98. The molecule has 0 unspecified atom stereocenters. The van der Waals surface area contributed by atoms with Crippen LogP contribution in [0.2, 0.25) is 0 Å². The first-order chi connectivity index (χ1) is 9.33. The summed E-state index contributed by atoms with van der Waals surface area (Å²) < 4.78 is 14.3. The predicted octanol–water partition coefficient (Wildman–Crippen LogP) is 1.51. The molecule has 3 rings (SSSR count). The van der Waals surface area contributed by atoms with E-state index in [0.29, 0.717) is 24.4 Å². The van der Waals surface area contributed by atoms with Crippen molar-refractivity contribution in [2.24, 2.45) is 5.92 Å². The summed E-state index contributed by atoms with van der Waals surface area (Å²) in [7, 11) is 0. The van der Waals surface area contributed by atoms with E-state index in [-0.39, 0.29) is 6.61 Å². The second-order valence-electron chi connectivity index (χ2n) is 5.77. The smallest absolute Gasteiger partial charge is 0.136 e. The summed E-state index contributed by atoms with van der Waals surface area (Å²) in [5, 5.41) is 17.6. The van der Waals surface area contributed by atoms with Crippen molar-refractivity contribution in [2.45, 2.75) is 50.5 Å². The van der Waals surface area contributed by atoms with E-state index in [9.17, 15) is 4.48 Å². The predicted molar refractivity (Wildman–Crippen MR) is 68.3 cm³/mol. The van der Waals surface area contributed by atoms with E-state index in [2.05, 4.69) is 14.8 Å². The maximum atomic E-state index is 12.0. The third kappa shape index (κ3) is 2.65. The second kappa shape index (κ2) is 5.54. The van der Waals surface area contributed by atoms with Crippen LogP contribution in [0.25, 0.3) is 0 Å². The van der Waals surface area contributed by atoms with E-state index in [1.54, 1.807) is 5.54 Å². The van der Waals surface area contributed by atoms with Gasteiger partial charge in [-0.2, -0.15) is 5.54 Å². The zero-order valence-electron chi connectivity index (χ0n) is 11.1. The fourth-order valence-corrected chi connectivity index (χ4v) is 2.98. The van der Waals surface area contributed by atoms with Crippen LogP contribution < -0.4 is 5.54 Å². The van der Waals surface area contributed by atoms with Crippen molar-refractivity contribution in [1.29, 1.82) is 0 Å². The lowest BCUT2D eigenvalue weighted by Crippen LogP contribution is -2.30. The van der Waals surface area contributed by atoms with Crippen LogP contribution in [0, 0.1) is 5.92 Å². The Hall–Kier alpha value is -1.01. The minimum Gasteiger partial charge on any atom is -0.396 e. The Morgan fingerprint density at radius 2 is 2.11 bits per heavy atom. The van der Waals surface area contributed by atoms with Gasteiger partial charge in [0.05, 0.1) is 0 Å². The summed E-state index contributed by atoms with van der Waals surface area (Å²) in [5.74, 6) is 2.97. The largest absolute Gasteiger partial charge is 0.396 e. The van der Waals surface area contributed by atoms with E-state index >= 15 is 0 Å². The monoisotopic (exact) mass is 268 g/mol. The average molecular weight is 268 g/mol. The van der Waals surface area contributed by atoms with Gasteiger partial charge in [-0.05, 0) is 38.0 Å².